The number of fused-ring (bicyclic) bond motifs is 1. The molecule has 3 rings (SSSR count). The van der Waals surface area contributed by atoms with Gasteiger partial charge < -0.3 is 14.2 Å². The minimum atomic E-state index is -5.94. The molecule has 0 saturated carbocycles. The van der Waals surface area contributed by atoms with Gasteiger partial charge in [0.15, 0.2) is 13.2 Å². The van der Waals surface area contributed by atoms with Crippen LogP contribution in [0.2, 0.25) is 0 Å². The summed E-state index contributed by atoms with van der Waals surface area (Å²) in [6.07, 6.45) is -24.0. The van der Waals surface area contributed by atoms with Crippen LogP contribution in [0, 0.1) is 0 Å². The molecular formula is C30H27F11O7S. The van der Waals surface area contributed by atoms with Crippen LogP contribution in [-0.2, 0) is 30.2 Å². The maximum Gasteiger partial charge on any atom is 0.573 e. The van der Waals surface area contributed by atoms with Gasteiger partial charge in [0, 0.05) is 20.7 Å². The zero-order valence-corrected chi connectivity index (χ0v) is 26.2. The number of unbranched alkanes of at least 4 members (excludes halogenated alkanes) is 2. The largest absolute Gasteiger partial charge is 0.573 e. The van der Waals surface area contributed by atoms with Crippen molar-refractivity contribution in [1.29, 1.82) is 0 Å². The van der Waals surface area contributed by atoms with Gasteiger partial charge >= 0.3 is 37.1 Å². The van der Waals surface area contributed by atoms with Gasteiger partial charge in [0.25, 0.3) is 0 Å². The summed E-state index contributed by atoms with van der Waals surface area (Å²) in [5, 5.41) is 0.425. The Morgan fingerprint density at radius 1 is 0.796 bits per heavy atom. The van der Waals surface area contributed by atoms with Crippen LogP contribution >= 0.6 is 11.3 Å². The normalized spacial score (nSPS) is 13.1. The molecule has 49 heavy (non-hydrogen) atoms. The second-order valence-corrected chi connectivity index (χ2v) is 11.4. The number of alkyl halides is 11. The first-order valence-corrected chi connectivity index (χ1v) is 14.8. The molecule has 0 fully saturated rings. The van der Waals surface area contributed by atoms with Gasteiger partial charge in [-0.05, 0) is 67.1 Å². The van der Waals surface area contributed by atoms with Crippen LogP contribution in [0.25, 0.3) is 20.5 Å². The van der Waals surface area contributed by atoms with Crippen LogP contribution < -0.4 is 9.47 Å². The molecule has 1 aromatic heterocycles. The molecule has 2 aromatic carbocycles. The maximum absolute atomic E-state index is 14.1. The summed E-state index contributed by atoms with van der Waals surface area (Å²) in [5.41, 5.74) is 0.271. The molecule has 0 aliphatic carbocycles. The monoisotopic (exact) mass is 740 g/mol. The summed E-state index contributed by atoms with van der Waals surface area (Å²) >= 11 is 0.916. The Labute approximate surface area is 275 Å². The second-order valence-electron chi connectivity index (χ2n) is 10.3. The summed E-state index contributed by atoms with van der Waals surface area (Å²) < 4.78 is 171. The summed E-state index contributed by atoms with van der Waals surface area (Å²) in [4.78, 5) is 11.4. The molecule has 0 atom stereocenters. The highest BCUT2D eigenvalue weighted by Crippen LogP contribution is 2.42. The summed E-state index contributed by atoms with van der Waals surface area (Å²) in [6.45, 7) is 1.79. The van der Waals surface area contributed by atoms with Crippen molar-refractivity contribution in [3.8, 4) is 21.9 Å². The fourth-order valence-corrected chi connectivity index (χ4v) is 5.10. The van der Waals surface area contributed by atoms with Gasteiger partial charge in [-0.2, -0.15) is 17.6 Å². The predicted octanol–water partition coefficient (Wildman–Crippen LogP) is 10.0. The molecule has 19 heteroatoms. The maximum atomic E-state index is 14.1. The quantitative estimate of drug-likeness (QED) is 0.0423. The molecule has 7 nitrogen and oxygen atoms in total. The number of esters is 1. The minimum absolute atomic E-state index is 0.0776. The molecule has 0 aliphatic heterocycles. The Hall–Kier alpha value is -3.68. The first kappa shape index (κ1) is 39.8. The van der Waals surface area contributed by atoms with Gasteiger partial charge in [0.05, 0.1) is 0 Å². The highest BCUT2D eigenvalue weighted by molar-refractivity contribution is 7.22. The number of thiophene rings is 1. The zero-order valence-electron chi connectivity index (χ0n) is 25.4. The number of rotatable bonds is 18. The molecule has 0 aliphatic rings. The van der Waals surface area contributed by atoms with E-state index in [1.165, 1.54) is 24.3 Å². The van der Waals surface area contributed by atoms with Gasteiger partial charge in [-0.25, -0.2) is 19.0 Å². The van der Waals surface area contributed by atoms with Crippen LogP contribution in [0.5, 0.6) is 11.5 Å². The van der Waals surface area contributed by atoms with E-state index in [-0.39, 0.29) is 11.3 Å². The molecule has 0 N–H and O–H groups in total. The average molecular weight is 741 g/mol. The lowest BCUT2D eigenvalue weighted by Crippen LogP contribution is -2.46. The van der Waals surface area contributed by atoms with Crippen molar-refractivity contribution >= 4 is 27.4 Å². The molecule has 0 bridgehead atoms. The van der Waals surface area contributed by atoms with Crippen molar-refractivity contribution in [1.82, 2.24) is 0 Å². The molecule has 0 radical (unpaired) electrons. The van der Waals surface area contributed by atoms with Crippen LogP contribution in [0.3, 0.4) is 0 Å². The van der Waals surface area contributed by atoms with E-state index in [4.69, 9.17) is 4.74 Å². The fourth-order valence-electron chi connectivity index (χ4n) is 3.97. The van der Waals surface area contributed by atoms with Crippen molar-refractivity contribution in [2.24, 2.45) is 0 Å². The van der Waals surface area contributed by atoms with E-state index < -0.39 is 61.7 Å². The van der Waals surface area contributed by atoms with Crippen molar-refractivity contribution in [3.63, 3.8) is 0 Å². The lowest BCUT2D eigenvalue weighted by atomic mass is 10.0. The van der Waals surface area contributed by atoms with Gasteiger partial charge in [0.1, 0.15) is 11.5 Å². The topological polar surface area (TPSA) is 72.5 Å². The van der Waals surface area contributed by atoms with Crippen molar-refractivity contribution in [2.45, 2.75) is 70.7 Å². The van der Waals surface area contributed by atoms with E-state index >= 15 is 0 Å². The zero-order chi connectivity index (χ0) is 36.8. The molecule has 272 valence electrons. The molecular weight excluding hydrogens is 713 g/mol. The van der Waals surface area contributed by atoms with Gasteiger partial charge in [0.2, 0.25) is 0 Å². The number of aryl methyl sites for hydroxylation is 1. The smallest absolute Gasteiger partial charge is 0.484 e. The Bertz CT molecular complexity index is 1610. The van der Waals surface area contributed by atoms with Crippen LogP contribution in [0.15, 0.2) is 54.6 Å². The second kappa shape index (κ2) is 15.5. The van der Waals surface area contributed by atoms with Gasteiger partial charge in [-0.3, -0.25) is 0 Å². The number of ether oxygens (including phenoxy) is 6. The Morgan fingerprint density at radius 3 is 2.02 bits per heavy atom. The minimum Gasteiger partial charge on any atom is -0.484 e. The average Bonchev–Trinajstić information content (AvgIpc) is 3.35. The molecule has 0 unspecified atom stereocenters. The van der Waals surface area contributed by atoms with Gasteiger partial charge in [-0.15, -0.1) is 42.1 Å². The van der Waals surface area contributed by atoms with Crippen LogP contribution in [-0.4, -0.2) is 50.4 Å². The Balaban J connectivity index is 1.69. The Morgan fingerprint density at radius 2 is 1.43 bits per heavy atom. The van der Waals surface area contributed by atoms with E-state index in [0.29, 0.717) is 26.9 Å². The number of hydrogen-bond donors (Lipinski definition) is 0. The SMILES string of the molecule is C=C(C)C(=O)OCC(F)(F)OC(F)(F)OC(F)(F)OC(F)(F)COc1ccc2cc(-c3ccc(CCCCC)cc3OC(F)(F)F)sc2c1. The first-order chi connectivity index (χ1) is 22.5. The third kappa shape index (κ3) is 12.9. The van der Waals surface area contributed by atoms with E-state index in [0.717, 1.165) is 49.7 Å². The third-order valence-corrected chi connectivity index (χ3v) is 7.13. The van der Waals surface area contributed by atoms with Crippen molar-refractivity contribution in [2.75, 3.05) is 13.2 Å². The van der Waals surface area contributed by atoms with E-state index in [9.17, 15) is 53.1 Å². The van der Waals surface area contributed by atoms with Crippen LogP contribution in [0.1, 0.15) is 38.7 Å². The molecule has 3 aromatic rings. The standard InChI is InChI=1S/C30H27F11O7S/c1-4-5-6-7-18-8-11-21(22(12-18)45-28(35,36)37)24-13-19-9-10-20(14-23(19)49-24)43-15-26(31,32)46-29(38,39)48-30(40,41)47-27(33,34)16-44-25(42)17(2)3/h8-14H,2,4-7,15-16H2,1,3H3. The van der Waals surface area contributed by atoms with Gasteiger partial charge in [-0.1, -0.05) is 32.4 Å². The van der Waals surface area contributed by atoms with E-state index in [1.54, 1.807) is 6.07 Å². The number of benzene rings is 2. The Kier molecular flexibility index (Phi) is 12.6. The highest BCUT2D eigenvalue weighted by atomic mass is 32.1. The highest BCUT2D eigenvalue weighted by Gasteiger charge is 2.57. The molecule has 0 amide bonds. The molecule has 1 heterocycles. The number of hydrogen-bond acceptors (Lipinski definition) is 8. The number of carbonyl (C=O) groups is 1. The lowest BCUT2D eigenvalue weighted by molar-refractivity contribution is -0.574. The number of halogens is 11. The first-order valence-electron chi connectivity index (χ1n) is 14.0. The predicted molar refractivity (Wildman–Crippen MR) is 151 cm³/mol. The summed E-state index contributed by atoms with van der Waals surface area (Å²) in [5.74, 6) is -2.31. The van der Waals surface area contributed by atoms with Crippen molar-refractivity contribution < 1.29 is 81.5 Å². The lowest BCUT2D eigenvalue weighted by Gasteiger charge is -2.27. The van der Waals surface area contributed by atoms with E-state index in [1.807, 2.05) is 6.92 Å². The molecule has 0 saturated heterocycles. The molecule has 0 spiro atoms. The number of carbonyl (C=O) groups excluding carboxylic acids is 1. The fraction of sp³-hybridized carbons (Fsp3) is 0.433. The van der Waals surface area contributed by atoms with Crippen LogP contribution in [0.4, 0.5) is 48.3 Å². The van der Waals surface area contributed by atoms with E-state index in [2.05, 4.69) is 30.3 Å². The third-order valence-electron chi connectivity index (χ3n) is 6.00. The summed E-state index contributed by atoms with van der Waals surface area (Å²) in [6, 6.07) is 9.40. The summed E-state index contributed by atoms with van der Waals surface area (Å²) in [7, 11) is 0. The van der Waals surface area contributed by atoms with Crippen molar-refractivity contribution in [3.05, 3.63) is 60.2 Å².